The highest BCUT2D eigenvalue weighted by Gasteiger charge is 2.30. The second-order valence-corrected chi connectivity index (χ2v) is 4.78. The van der Waals surface area contributed by atoms with Crippen LogP contribution in [0.15, 0.2) is 12.2 Å². The first-order valence-electron chi connectivity index (χ1n) is 6.42. The van der Waals surface area contributed by atoms with Gasteiger partial charge in [0.2, 0.25) is 0 Å². The third-order valence-corrected chi connectivity index (χ3v) is 3.95. The molecule has 0 amide bonds. The fourth-order valence-corrected chi connectivity index (χ4v) is 3.31. The molecule has 1 unspecified atom stereocenters. The highest BCUT2D eigenvalue weighted by atomic mass is 15.1. The first-order valence-corrected chi connectivity index (χ1v) is 6.42. The molecule has 0 bridgehead atoms. The Bertz CT molecular complexity index is 474. The van der Waals surface area contributed by atoms with Gasteiger partial charge in [-0.25, -0.2) is 0 Å². The Labute approximate surface area is 97.5 Å². The summed E-state index contributed by atoms with van der Waals surface area (Å²) in [4.78, 5) is 0. The lowest BCUT2D eigenvalue weighted by Crippen LogP contribution is -2.08. The van der Waals surface area contributed by atoms with Crippen molar-refractivity contribution in [2.75, 3.05) is 0 Å². The first kappa shape index (κ1) is 9.95. The number of rotatable bonds is 2. The van der Waals surface area contributed by atoms with Crippen molar-refractivity contribution < 1.29 is 0 Å². The van der Waals surface area contributed by atoms with E-state index in [2.05, 4.69) is 42.7 Å². The quantitative estimate of drug-likeness (QED) is 0.700. The summed E-state index contributed by atoms with van der Waals surface area (Å²) >= 11 is 0. The molecule has 0 saturated heterocycles. The van der Waals surface area contributed by atoms with E-state index in [4.69, 9.17) is 0 Å². The van der Waals surface area contributed by atoms with Gasteiger partial charge in [-0.2, -0.15) is 0 Å². The van der Waals surface area contributed by atoms with Gasteiger partial charge < -0.3 is 4.57 Å². The molecular weight excluding hydrogens is 194 g/mol. The smallest absolute Gasteiger partial charge is 0.0447 e. The summed E-state index contributed by atoms with van der Waals surface area (Å²) in [5, 5.41) is 0. The fraction of sp³-hybridized carbons (Fsp3) is 0.467. The minimum Gasteiger partial charge on any atom is -0.341 e. The number of aromatic nitrogens is 1. The lowest BCUT2D eigenvalue weighted by Gasteiger charge is -2.18. The van der Waals surface area contributed by atoms with Crippen molar-refractivity contribution in [1.82, 2.24) is 4.57 Å². The molecule has 3 heterocycles. The molecule has 16 heavy (non-hydrogen) atoms. The van der Waals surface area contributed by atoms with E-state index in [1.165, 1.54) is 30.5 Å². The standard InChI is InChI=1S/C15H19N/c1-3-6-13-12(4-2)14-8-5-7-11-9-10-15(13)16(11)14/h3,5-6,8,11H,4,7,9-10H2,1-2H3. The monoisotopic (exact) mass is 213 g/mol. The summed E-state index contributed by atoms with van der Waals surface area (Å²) in [6.45, 7) is 4.39. The SMILES string of the molecule is CC=Cc1c(CC)c2n3c1CCC3CC=C2. The van der Waals surface area contributed by atoms with Crippen molar-refractivity contribution in [2.24, 2.45) is 0 Å². The van der Waals surface area contributed by atoms with Crippen molar-refractivity contribution in [3.05, 3.63) is 34.7 Å². The van der Waals surface area contributed by atoms with Gasteiger partial charge in [0.05, 0.1) is 0 Å². The van der Waals surface area contributed by atoms with Gasteiger partial charge in [0.25, 0.3) is 0 Å². The van der Waals surface area contributed by atoms with Crippen molar-refractivity contribution in [2.45, 2.75) is 45.6 Å². The molecule has 2 aliphatic rings. The van der Waals surface area contributed by atoms with Gasteiger partial charge in [-0.1, -0.05) is 25.2 Å². The van der Waals surface area contributed by atoms with Gasteiger partial charge in [0, 0.05) is 17.4 Å². The molecule has 0 radical (unpaired) electrons. The normalized spacial score (nSPS) is 22.0. The van der Waals surface area contributed by atoms with Crippen LogP contribution in [0, 0.1) is 0 Å². The minimum atomic E-state index is 0.749. The Balaban J connectivity index is 2.27. The maximum absolute atomic E-state index is 2.61. The van der Waals surface area contributed by atoms with Crippen LogP contribution in [0.1, 0.15) is 55.2 Å². The molecule has 3 rings (SSSR count). The van der Waals surface area contributed by atoms with E-state index in [1.807, 2.05) is 0 Å². The van der Waals surface area contributed by atoms with Crippen molar-refractivity contribution in [3.63, 3.8) is 0 Å². The fourth-order valence-electron chi connectivity index (χ4n) is 3.31. The van der Waals surface area contributed by atoms with Gasteiger partial charge in [0.15, 0.2) is 0 Å². The van der Waals surface area contributed by atoms with E-state index in [0.717, 1.165) is 12.5 Å². The molecule has 0 spiro atoms. The summed E-state index contributed by atoms with van der Waals surface area (Å²) in [5.41, 5.74) is 6.13. The van der Waals surface area contributed by atoms with Crippen LogP contribution in [0.5, 0.6) is 0 Å². The summed E-state index contributed by atoms with van der Waals surface area (Å²) < 4.78 is 2.61. The maximum atomic E-state index is 2.61. The van der Waals surface area contributed by atoms with E-state index >= 15 is 0 Å². The van der Waals surface area contributed by atoms with Crippen molar-refractivity contribution in [3.8, 4) is 0 Å². The third-order valence-electron chi connectivity index (χ3n) is 3.95. The predicted octanol–water partition coefficient (Wildman–Crippen LogP) is 3.99. The topological polar surface area (TPSA) is 4.93 Å². The molecule has 84 valence electrons. The molecule has 1 nitrogen and oxygen atoms in total. The third kappa shape index (κ3) is 1.17. The molecule has 0 aromatic carbocycles. The lowest BCUT2D eigenvalue weighted by atomic mass is 9.99. The minimum absolute atomic E-state index is 0.749. The molecular formula is C15H19N. The van der Waals surface area contributed by atoms with E-state index in [9.17, 15) is 0 Å². The summed E-state index contributed by atoms with van der Waals surface area (Å²) in [7, 11) is 0. The molecule has 1 atom stereocenters. The van der Waals surface area contributed by atoms with Crippen LogP contribution in [0.3, 0.4) is 0 Å². The number of nitrogens with zero attached hydrogens (tertiary/aromatic N) is 1. The van der Waals surface area contributed by atoms with Gasteiger partial charge in [-0.05, 0) is 49.8 Å². The maximum Gasteiger partial charge on any atom is 0.0447 e. The summed E-state index contributed by atoms with van der Waals surface area (Å²) in [6, 6.07) is 0.749. The lowest BCUT2D eigenvalue weighted by molar-refractivity contribution is 0.524. The van der Waals surface area contributed by atoms with Crippen LogP contribution >= 0.6 is 0 Å². The number of hydrogen-bond donors (Lipinski definition) is 0. The van der Waals surface area contributed by atoms with Crippen LogP contribution in [0.4, 0.5) is 0 Å². The zero-order valence-electron chi connectivity index (χ0n) is 10.2. The van der Waals surface area contributed by atoms with Crippen LogP contribution in [0.25, 0.3) is 12.2 Å². The number of hydrogen-bond acceptors (Lipinski definition) is 0. The van der Waals surface area contributed by atoms with Gasteiger partial charge in [-0.15, -0.1) is 0 Å². The average molecular weight is 213 g/mol. The largest absolute Gasteiger partial charge is 0.341 e. The van der Waals surface area contributed by atoms with E-state index in [-0.39, 0.29) is 0 Å². The molecule has 0 aliphatic carbocycles. The Morgan fingerprint density at radius 2 is 2.38 bits per heavy atom. The molecule has 0 N–H and O–H groups in total. The van der Waals surface area contributed by atoms with Crippen LogP contribution in [0.2, 0.25) is 0 Å². The zero-order valence-corrected chi connectivity index (χ0v) is 10.2. The first-order chi connectivity index (χ1) is 7.86. The molecule has 1 aromatic rings. The molecule has 1 aromatic heterocycles. The Kier molecular flexibility index (Phi) is 2.27. The average Bonchev–Trinajstić information content (AvgIpc) is 2.85. The van der Waals surface area contributed by atoms with E-state index in [1.54, 1.807) is 11.3 Å². The van der Waals surface area contributed by atoms with Crippen molar-refractivity contribution in [1.29, 1.82) is 0 Å². The molecule has 1 heteroatoms. The van der Waals surface area contributed by atoms with Gasteiger partial charge in [-0.3, -0.25) is 0 Å². The van der Waals surface area contributed by atoms with E-state index < -0.39 is 0 Å². The molecule has 0 saturated carbocycles. The second kappa shape index (κ2) is 3.65. The van der Waals surface area contributed by atoms with Gasteiger partial charge >= 0.3 is 0 Å². The molecule has 2 aliphatic heterocycles. The Morgan fingerprint density at radius 1 is 1.50 bits per heavy atom. The number of allylic oxidation sites excluding steroid dienone is 2. The molecule has 0 fully saturated rings. The highest BCUT2D eigenvalue weighted by molar-refractivity contribution is 5.67. The predicted molar refractivity (Wildman–Crippen MR) is 69.5 cm³/mol. The summed E-state index contributed by atoms with van der Waals surface area (Å²) in [6.07, 6.45) is 14.1. The van der Waals surface area contributed by atoms with Crippen molar-refractivity contribution >= 4 is 12.2 Å². The summed E-state index contributed by atoms with van der Waals surface area (Å²) in [5.74, 6) is 0. The Morgan fingerprint density at radius 3 is 3.12 bits per heavy atom. The van der Waals surface area contributed by atoms with E-state index in [0.29, 0.717) is 0 Å². The van der Waals surface area contributed by atoms with Crippen LogP contribution < -0.4 is 0 Å². The van der Waals surface area contributed by atoms with Crippen LogP contribution in [-0.4, -0.2) is 4.57 Å². The van der Waals surface area contributed by atoms with Crippen LogP contribution in [-0.2, 0) is 12.8 Å². The zero-order chi connectivity index (χ0) is 11.1. The highest BCUT2D eigenvalue weighted by Crippen LogP contribution is 2.41. The van der Waals surface area contributed by atoms with Gasteiger partial charge in [0.1, 0.15) is 0 Å². The Hall–Kier alpha value is -1.24. The second-order valence-electron chi connectivity index (χ2n) is 4.78.